The lowest BCUT2D eigenvalue weighted by molar-refractivity contribution is 0.281. The molecule has 26 heavy (non-hydrogen) atoms. The Balaban J connectivity index is 1.97. The lowest BCUT2D eigenvalue weighted by atomic mass is 10.2. The number of aliphatic hydroxyl groups is 1. The normalized spacial score (nSPS) is 11.8. The first-order valence-corrected chi connectivity index (χ1v) is 8.63. The first kappa shape index (κ1) is 18.1. The van der Waals surface area contributed by atoms with E-state index >= 15 is 0 Å². The zero-order chi connectivity index (χ0) is 18.5. The van der Waals surface area contributed by atoms with E-state index in [1.54, 1.807) is 12.4 Å². The maximum Gasteiger partial charge on any atom is 0.225 e. The SMILES string of the molecule is Cc1cc(Nc2cc(-c3cccnc3)nc(N[C@H](C)CO)n2)ccc1Cl. The van der Waals surface area contributed by atoms with Crippen molar-refractivity contribution >= 4 is 29.1 Å². The van der Waals surface area contributed by atoms with E-state index in [1.807, 2.05) is 50.2 Å². The third-order valence-electron chi connectivity index (χ3n) is 3.76. The fraction of sp³-hybridized carbons (Fsp3) is 0.211. The average Bonchev–Trinajstić information content (AvgIpc) is 2.65. The molecule has 0 aliphatic rings. The van der Waals surface area contributed by atoms with Gasteiger partial charge in [-0.1, -0.05) is 11.6 Å². The standard InChI is InChI=1S/C19H20ClN5O/c1-12-8-15(5-6-16(12)20)23-18-9-17(14-4-3-7-21-10-14)24-19(25-18)22-13(2)11-26/h3-10,13,26H,11H2,1-2H3,(H2,22,23,24,25)/t13-/m1/s1. The molecule has 0 radical (unpaired) electrons. The minimum Gasteiger partial charge on any atom is -0.394 e. The first-order valence-electron chi connectivity index (χ1n) is 8.25. The van der Waals surface area contributed by atoms with Crippen molar-refractivity contribution in [2.24, 2.45) is 0 Å². The van der Waals surface area contributed by atoms with Crippen molar-refractivity contribution in [3.8, 4) is 11.3 Å². The van der Waals surface area contributed by atoms with Gasteiger partial charge in [0.25, 0.3) is 0 Å². The van der Waals surface area contributed by atoms with Crippen molar-refractivity contribution in [2.45, 2.75) is 19.9 Å². The molecular weight excluding hydrogens is 350 g/mol. The number of nitrogens with zero attached hydrogens (tertiary/aromatic N) is 3. The van der Waals surface area contributed by atoms with Gasteiger partial charge in [-0.2, -0.15) is 4.98 Å². The summed E-state index contributed by atoms with van der Waals surface area (Å²) >= 11 is 6.09. The Morgan fingerprint density at radius 1 is 1.19 bits per heavy atom. The summed E-state index contributed by atoms with van der Waals surface area (Å²) < 4.78 is 0. The molecule has 2 aromatic heterocycles. The molecule has 0 saturated heterocycles. The molecule has 134 valence electrons. The maximum atomic E-state index is 9.29. The Morgan fingerprint density at radius 2 is 2.04 bits per heavy atom. The van der Waals surface area contributed by atoms with Gasteiger partial charge in [0.05, 0.1) is 12.3 Å². The lowest BCUT2D eigenvalue weighted by Crippen LogP contribution is -2.21. The molecule has 1 atom stereocenters. The molecule has 0 saturated carbocycles. The second-order valence-electron chi connectivity index (χ2n) is 6.02. The Morgan fingerprint density at radius 3 is 2.73 bits per heavy atom. The van der Waals surface area contributed by atoms with Crippen LogP contribution in [0.5, 0.6) is 0 Å². The van der Waals surface area contributed by atoms with Gasteiger partial charge in [-0.3, -0.25) is 4.98 Å². The van der Waals surface area contributed by atoms with Crippen molar-refractivity contribution in [3.05, 3.63) is 59.4 Å². The Labute approximate surface area is 157 Å². The molecule has 7 heteroatoms. The maximum absolute atomic E-state index is 9.29. The summed E-state index contributed by atoms with van der Waals surface area (Å²) in [5.74, 6) is 1.06. The van der Waals surface area contributed by atoms with Crippen molar-refractivity contribution in [1.82, 2.24) is 15.0 Å². The molecule has 2 heterocycles. The number of benzene rings is 1. The highest BCUT2D eigenvalue weighted by atomic mass is 35.5. The minimum absolute atomic E-state index is 0.0143. The number of aromatic nitrogens is 3. The van der Waals surface area contributed by atoms with Gasteiger partial charge in [-0.25, -0.2) is 4.98 Å². The van der Waals surface area contributed by atoms with Gasteiger partial charge in [0, 0.05) is 40.8 Å². The summed E-state index contributed by atoms with van der Waals surface area (Å²) in [6, 6.07) is 11.2. The number of halogens is 1. The van der Waals surface area contributed by atoms with Crippen LogP contribution < -0.4 is 10.6 Å². The molecule has 0 amide bonds. The van der Waals surface area contributed by atoms with E-state index in [4.69, 9.17) is 11.6 Å². The van der Waals surface area contributed by atoms with Crippen LogP contribution in [-0.2, 0) is 0 Å². The van der Waals surface area contributed by atoms with E-state index < -0.39 is 0 Å². The van der Waals surface area contributed by atoms with E-state index in [0.29, 0.717) is 16.8 Å². The van der Waals surface area contributed by atoms with Gasteiger partial charge >= 0.3 is 0 Å². The summed E-state index contributed by atoms with van der Waals surface area (Å²) in [5.41, 5.74) is 3.47. The topological polar surface area (TPSA) is 83.0 Å². The molecular formula is C19H20ClN5O. The largest absolute Gasteiger partial charge is 0.394 e. The fourth-order valence-corrected chi connectivity index (χ4v) is 2.49. The van der Waals surface area contributed by atoms with Crippen LogP contribution in [0.1, 0.15) is 12.5 Å². The smallest absolute Gasteiger partial charge is 0.225 e. The predicted molar refractivity (Wildman–Crippen MR) is 105 cm³/mol. The third-order valence-corrected chi connectivity index (χ3v) is 4.19. The lowest BCUT2D eigenvalue weighted by Gasteiger charge is -2.14. The molecule has 6 nitrogen and oxygen atoms in total. The second-order valence-corrected chi connectivity index (χ2v) is 6.43. The van der Waals surface area contributed by atoms with Crippen molar-refractivity contribution in [2.75, 3.05) is 17.2 Å². The molecule has 3 rings (SSSR count). The van der Waals surface area contributed by atoms with Crippen LogP contribution in [0, 0.1) is 6.92 Å². The number of hydrogen-bond acceptors (Lipinski definition) is 6. The van der Waals surface area contributed by atoms with Gasteiger partial charge < -0.3 is 15.7 Å². The molecule has 3 aromatic rings. The van der Waals surface area contributed by atoms with Crippen LogP contribution >= 0.6 is 11.6 Å². The molecule has 0 fully saturated rings. The molecule has 0 spiro atoms. The third kappa shape index (κ3) is 4.47. The van der Waals surface area contributed by atoms with E-state index in [9.17, 15) is 5.11 Å². The number of anilines is 3. The van der Waals surface area contributed by atoms with Crippen LogP contribution in [0.25, 0.3) is 11.3 Å². The Kier molecular flexibility index (Phi) is 5.65. The van der Waals surface area contributed by atoms with E-state index in [2.05, 4.69) is 25.6 Å². The number of aryl methyl sites for hydroxylation is 1. The molecule has 1 aromatic carbocycles. The molecule has 0 bridgehead atoms. The summed E-state index contributed by atoms with van der Waals surface area (Å²) in [7, 11) is 0. The van der Waals surface area contributed by atoms with Gasteiger partial charge in [0.15, 0.2) is 0 Å². The zero-order valence-electron chi connectivity index (χ0n) is 14.6. The Bertz CT molecular complexity index is 888. The predicted octanol–water partition coefficient (Wildman–Crippen LogP) is 4.04. The number of rotatable bonds is 6. The van der Waals surface area contributed by atoms with Gasteiger partial charge in [0.2, 0.25) is 5.95 Å². The van der Waals surface area contributed by atoms with Crippen LogP contribution in [0.2, 0.25) is 5.02 Å². The number of nitrogens with one attached hydrogen (secondary N) is 2. The summed E-state index contributed by atoms with van der Waals surface area (Å²) in [5, 5.41) is 16.4. The zero-order valence-corrected chi connectivity index (χ0v) is 15.3. The van der Waals surface area contributed by atoms with Crippen molar-refractivity contribution < 1.29 is 5.11 Å². The number of aliphatic hydroxyl groups excluding tert-OH is 1. The molecule has 0 aliphatic heterocycles. The highest BCUT2D eigenvalue weighted by Gasteiger charge is 2.10. The second kappa shape index (κ2) is 8.12. The minimum atomic E-state index is -0.162. The fourth-order valence-electron chi connectivity index (χ4n) is 2.37. The van der Waals surface area contributed by atoms with Gasteiger partial charge in [0.1, 0.15) is 5.82 Å². The first-order chi connectivity index (χ1) is 12.5. The van der Waals surface area contributed by atoms with Crippen LogP contribution in [0.3, 0.4) is 0 Å². The summed E-state index contributed by atoms with van der Waals surface area (Å²) in [6.07, 6.45) is 3.46. The molecule has 3 N–H and O–H groups in total. The van der Waals surface area contributed by atoms with Crippen molar-refractivity contribution in [1.29, 1.82) is 0 Å². The van der Waals surface area contributed by atoms with Crippen molar-refractivity contribution in [3.63, 3.8) is 0 Å². The average molecular weight is 370 g/mol. The van der Waals surface area contributed by atoms with Crippen LogP contribution in [0.4, 0.5) is 17.5 Å². The van der Waals surface area contributed by atoms with Gasteiger partial charge in [-0.15, -0.1) is 0 Å². The summed E-state index contributed by atoms with van der Waals surface area (Å²) in [6.45, 7) is 3.79. The van der Waals surface area contributed by atoms with Gasteiger partial charge in [-0.05, 0) is 49.7 Å². The molecule has 0 aliphatic carbocycles. The quantitative estimate of drug-likeness (QED) is 0.608. The number of pyridine rings is 1. The van der Waals surface area contributed by atoms with E-state index in [-0.39, 0.29) is 12.6 Å². The Hall–Kier alpha value is -2.70. The molecule has 0 unspecified atom stereocenters. The van der Waals surface area contributed by atoms with Crippen LogP contribution in [-0.4, -0.2) is 32.7 Å². The summed E-state index contributed by atoms with van der Waals surface area (Å²) in [4.78, 5) is 13.2. The number of hydrogen-bond donors (Lipinski definition) is 3. The van der Waals surface area contributed by atoms with E-state index in [1.165, 1.54) is 0 Å². The highest BCUT2D eigenvalue weighted by molar-refractivity contribution is 6.31. The van der Waals surface area contributed by atoms with E-state index in [0.717, 1.165) is 22.5 Å². The monoisotopic (exact) mass is 369 g/mol. The highest BCUT2D eigenvalue weighted by Crippen LogP contribution is 2.25. The van der Waals surface area contributed by atoms with Crippen LogP contribution in [0.15, 0.2) is 48.8 Å².